The van der Waals surface area contributed by atoms with Crippen LogP contribution < -0.4 is 10.5 Å². The predicted octanol–water partition coefficient (Wildman–Crippen LogP) is 0.632. The SMILES string of the molecule is COC(=O)CCS(=O)(=O)Cc1ccc(CN)c(OC)c1. The number of ether oxygens (including phenoxy) is 2. The largest absolute Gasteiger partial charge is 0.496 e. The third-order valence-corrected chi connectivity index (χ3v) is 4.40. The number of carbonyl (C=O) groups is 1. The van der Waals surface area contributed by atoms with Crippen LogP contribution in [-0.2, 0) is 31.7 Å². The molecule has 0 aromatic heterocycles. The monoisotopic (exact) mass is 301 g/mol. The van der Waals surface area contributed by atoms with E-state index in [1.807, 2.05) is 0 Å². The Kier molecular flexibility index (Phi) is 5.97. The Bertz CT molecular complexity index is 568. The van der Waals surface area contributed by atoms with Crippen molar-refractivity contribution >= 4 is 15.8 Å². The lowest BCUT2D eigenvalue weighted by molar-refractivity contribution is -0.140. The van der Waals surface area contributed by atoms with Gasteiger partial charge in [-0.3, -0.25) is 4.79 Å². The predicted molar refractivity (Wildman–Crippen MR) is 75.0 cm³/mol. The highest BCUT2D eigenvalue weighted by Crippen LogP contribution is 2.21. The zero-order valence-corrected chi connectivity index (χ0v) is 12.4. The molecule has 1 aromatic rings. The highest BCUT2D eigenvalue weighted by molar-refractivity contribution is 7.90. The van der Waals surface area contributed by atoms with Gasteiger partial charge in [-0.1, -0.05) is 12.1 Å². The van der Waals surface area contributed by atoms with Crippen molar-refractivity contribution in [3.05, 3.63) is 29.3 Å². The van der Waals surface area contributed by atoms with Crippen molar-refractivity contribution < 1.29 is 22.7 Å². The molecule has 0 unspecified atom stereocenters. The molecule has 0 bridgehead atoms. The first kappa shape index (κ1) is 16.5. The molecule has 0 amide bonds. The second-order valence-corrected chi connectivity index (χ2v) is 6.45. The molecule has 0 fully saturated rings. The van der Waals surface area contributed by atoms with E-state index in [9.17, 15) is 13.2 Å². The van der Waals surface area contributed by atoms with Crippen LogP contribution in [0.5, 0.6) is 5.75 Å². The number of esters is 1. The van der Waals surface area contributed by atoms with Gasteiger partial charge in [0.1, 0.15) is 5.75 Å². The average Bonchev–Trinajstić information content (AvgIpc) is 2.44. The number of benzene rings is 1. The van der Waals surface area contributed by atoms with Gasteiger partial charge in [0.2, 0.25) is 0 Å². The van der Waals surface area contributed by atoms with Crippen LogP contribution in [0.3, 0.4) is 0 Å². The van der Waals surface area contributed by atoms with Crippen LogP contribution in [0.25, 0.3) is 0 Å². The summed E-state index contributed by atoms with van der Waals surface area (Å²) in [5.74, 6) is -0.357. The van der Waals surface area contributed by atoms with E-state index in [1.54, 1.807) is 18.2 Å². The van der Waals surface area contributed by atoms with Crippen LogP contribution in [0.15, 0.2) is 18.2 Å². The van der Waals surface area contributed by atoms with Crippen LogP contribution in [0.4, 0.5) is 0 Å². The quantitative estimate of drug-likeness (QED) is 0.742. The molecule has 112 valence electrons. The molecule has 0 saturated carbocycles. The Morgan fingerprint density at radius 2 is 2.00 bits per heavy atom. The first-order valence-electron chi connectivity index (χ1n) is 6.05. The molecule has 0 spiro atoms. The van der Waals surface area contributed by atoms with Gasteiger partial charge in [-0.15, -0.1) is 0 Å². The van der Waals surface area contributed by atoms with Crippen molar-refractivity contribution in [2.24, 2.45) is 5.73 Å². The molecular weight excluding hydrogens is 282 g/mol. The second-order valence-electron chi connectivity index (χ2n) is 4.27. The Labute approximate surface area is 118 Å². The smallest absolute Gasteiger partial charge is 0.306 e. The molecule has 0 heterocycles. The van der Waals surface area contributed by atoms with Crippen molar-refractivity contribution in [3.8, 4) is 5.75 Å². The van der Waals surface area contributed by atoms with Crippen molar-refractivity contribution in [1.82, 2.24) is 0 Å². The van der Waals surface area contributed by atoms with Gasteiger partial charge in [0.05, 0.1) is 32.1 Å². The second kappa shape index (κ2) is 7.25. The van der Waals surface area contributed by atoms with Crippen molar-refractivity contribution in [2.75, 3.05) is 20.0 Å². The van der Waals surface area contributed by atoms with Crippen LogP contribution in [0.2, 0.25) is 0 Å². The Morgan fingerprint density at radius 1 is 1.30 bits per heavy atom. The third-order valence-electron chi connectivity index (χ3n) is 2.80. The fourth-order valence-electron chi connectivity index (χ4n) is 1.71. The summed E-state index contributed by atoms with van der Waals surface area (Å²) in [5.41, 5.74) is 6.96. The first-order chi connectivity index (χ1) is 9.41. The van der Waals surface area contributed by atoms with Crippen molar-refractivity contribution in [1.29, 1.82) is 0 Å². The summed E-state index contributed by atoms with van der Waals surface area (Å²) in [5, 5.41) is 0. The zero-order chi connectivity index (χ0) is 15.2. The maximum Gasteiger partial charge on any atom is 0.306 e. The highest BCUT2D eigenvalue weighted by atomic mass is 32.2. The summed E-state index contributed by atoms with van der Waals surface area (Å²) in [4.78, 5) is 11.0. The lowest BCUT2D eigenvalue weighted by Crippen LogP contribution is -2.14. The van der Waals surface area contributed by atoms with Crippen molar-refractivity contribution in [2.45, 2.75) is 18.7 Å². The van der Waals surface area contributed by atoms with E-state index in [0.29, 0.717) is 17.9 Å². The Balaban J connectivity index is 2.79. The molecule has 0 aliphatic carbocycles. The molecule has 7 heteroatoms. The lowest BCUT2D eigenvalue weighted by atomic mass is 10.1. The van der Waals surface area contributed by atoms with Gasteiger partial charge in [-0.25, -0.2) is 8.42 Å². The van der Waals surface area contributed by atoms with E-state index in [4.69, 9.17) is 10.5 Å². The standard InChI is InChI=1S/C13H19NO5S/c1-18-12-7-10(3-4-11(12)8-14)9-20(16,17)6-5-13(15)19-2/h3-4,7H,5-6,8-9,14H2,1-2H3. The molecule has 0 atom stereocenters. The maximum atomic E-state index is 11.9. The minimum Gasteiger partial charge on any atom is -0.496 e. The molecule has 2 N–H and O–H groups in total. The van der Waals surface area contributed by atoms with Gasteiger partial charge in [0, 0.05) is 12.1 Å². The normalized spacial score (nSPS) is 11.2. The fraction of sp³-hybridized carbons (Fsp3) is 0.462. The van der Waals surface area contributed by atoms with E-state index in [0.717, 1.165) is 5.56 Å². The third kappa shape index (κ3) is 4.82. The number of hydrogen-bond acceptors (Lipinski definition) is 6. The Morgan fingerprint density at radius 3 is 2.55 bits per heavy atom. The molecular formula is C13H19NO5S. The summed E-state index contributed by atoms with van der Waals surface area (Å²) in [7, 11) is -0.640. The van der Waals surface area contributed by atoms with Gasteiger partial charge < -0.3 is 15.2 Å². The number of methoxy groups -OCH3 is 2. The van der Waals surface area contributed by atoms with Gasteiger partial charge >= 0.3 is 5.97 Å². The number of rotatable bonds is 7. The average molecular weight is 301 g/mol. The van der Waals surface area contributed by atoms with E-state index < -0.39 is 15.8 Å². The lowest BCUT2D eigenvalue weighted by Gasteiger charge is -2.09. The van der Waals surface area contributed by atoms with Gasteiger partial charge in [-0.05, 0) is 11.6 Å². The van der Waals surface area contributed by atoms with Crippen LogP contribution >= 0.6 is 0 Å². The summed E-state index contributed by atoms with van der Waals surface area (Å²) >= 11 is 0. The van der Waals surface area contributed by atoms with E-state index >= 15 is 0 Å². The summed E-state index contributed by atoms with van der Waals surface area (Å²) < 4.78 is 33.4. The molecule has 1 aromatic carbocycles. The molecule has 0 saturated heterocycles. The maximum absolute atomic E-state index is 11.9. The molecule has 1 rings (SSSR count). The van der Waals surface area contributed by atoms with Crippen molar-refractivity contribution in [3.63, 3.8) is 0 Å². The van der Waals surface area contributed by atoms with E-state index in [-0.39, 0.29) is 17.9 Å². The number of carbonyl (C=O) groups excluding carboxylic acids is 1. The summed E-state index contributed by atoms with van der Waals surface area (Å²) in [6.45, 7) is 0.318. The summed E-state index contributed by atoms with van der Waals surface area (Å²) in [6.07, 6.45) is -0.142. The first-order valence-corrected chi connectivity index (χ1v) is 7.87. The molecule has 6 nitrogen and oxygen atoms in total. The van der Waals surface area contributed by atoms with Gasteiger partial charge in [0.15, 0.2) is 9.84 Å². The number of nitrogens with two attached hydrogens (primary N) is 1. The summed E-state index contributed by atoms with van der Waals surface area (Å²) in [6, 6.07) is 5.09. The van der Waals surface area contributed by atoms with E-state index in [1.165, 1.54) is 14.2 Å². The topological polar surface area (TPSA) is 95.7 Å². The van der Waals surface area contributed by atoms with Crippen LogP contribution in [0, 0.1) is 0 Å². The van der Waals surface area contributed by atoms with Gasteiger partial charge in [-0.2, -0.15) is 0 Å². The molecule has 0 aliphatic rings. The fourth-order valence-corrected chi connectivity index (χ4v) is 3.02. The molecule has 0 aliphatic heterocycles. The highest BCUT2D eigenvalue weighted by Gasteiger charge is 2.16. The van der Waals surface area contributed by atoms with Crippen LogP contribution in [0.1, 0.15) is 17.5 Å². The molecule has 0 radical (unpaired) electrons. The van der Waals surface area contributed by atoms with Gasteiger partial charge in [0.25, 0.3) is 0 Å². The minimum atomic E-state index is -3.37. The Hall–Kier alpha value is -1.60. The number of sulfone groups is 1. The minimum absolute atomic E-state index is 0.142. The molecule has 20 heavy (non-hydrogen) atoms. The zero-order valence-electron chi connectivity index (χ0n) is 11.6. The number of hydrogen-bond donors (Lipinski definition) is 1. The van der Waals surface area contributed by atoms with Crippen LogP contribution in [-0.4, -0.2) is 34.4 Å². The van der Waals surface area contributed by atoms with E-state index in [2.05, 4.69) is 4.74 Å².